The second-order valence-electron chi connectivity index (χ2n) is 11.5. The summed E-state index contributed by atoms with van der Waals surface area (Å²) in [6.07, 6.45) is 8.91. The number of nitrogens with one attached hydrogen (secondary N) is 4. The molecule has 7 rings (SSSR count). The number of carbonyl (C=O) groups is 1. The van der Waals surface area contributed by atoms with Crippen molar-refractivity contribution in [2.24, 2.45) is 5.92 Å². The third kappa shape index (κ3) is 5.57. The molecule has 1 aliphatic rings. The number of amides is 1. The highest BCUT2D eigenvalue weighted by Crippen LogP contribution is 2.35. The Morgan fingerprint density at radius 3 is 2.62 bits per heavy atom. The molecule has 0 atom stereocenters. The molecule has 1 amide bonds. The van der Waals surface area contributed by atoms with Crippen LogP contribution in [0.25, 0.3) is 56.0 Å². The molecule has 5 aromatic heterocycles. The summed E-state index contributed by atoms with van der Waals surface area (Å²) < 4.78 is 30.9. The predicted octanol–water partition coefficient (Wildman–Crippen LogP) is 5.62. The second kappa shape index (κ2) is 11.7. The molecule has 4 N–H and O–H groups in total. The molecule has 6 aromatic rings. The smallest absolute Gasteiger partial charge is 0.227 e. The summed E-state index contributed by atoms with van der Waals surface area (Å²) in [7, 11) is 3.94. The summed E-state index contributed by atoms with van der Waals surface area (Å²) in [6.45, 7) is 1.43. The monoisotopic (exact) mass is 608 g/mol. The van der Waals surface area contributed by atoms with E-state index in [0.717, 1.165) is 25.8 Å². The van der Waals surface area contributed by atoms with Crippen LogP contribution in [0.15, 0.2) is 55.1 Å². The maximum atomic E-state index is 16.2. The Labute approximate surface area is 256 Å². The number of likely N-dealkylation sites (N-methyl/N-ethyl adjacent to an activating group) is 1. The third-order valence-corrected chi connectivity index (χ3v) is 7.98. The molecule has 0 spiro atoms. The molecule has 1 aliphatic carbocycles. The molecule has 1 saturated carbocycles. The molecular weight excluding hydrogens is 578 g/mol. The number of aromatic amines is 2. The first-order valence-corrected chi connectivity index (χ1v) is 14.7. The summed E-state index contributed by atoms with van der Waals surface area (Å²) in [5.74, 6) is -0.772. The van der Waals surface area contributed by atoms with Crippen LogP contribution in [-0.4, -0.2) is 73.1 Å². The lowest BCUT2D eigenvalue weighted by Crippen LogP contribution is -2.28. The van der Waals surface area contributed by atoms with Gasteiger partial charge in [0.25, 0.3) is 0 Å². The first kappa shape index (κ1) is 28.5. The van der Waals surface area contributed by atoms with Crippen LogP contribution in [0.5, 0.6) is 0 Å². The van der Waals surface area contributed by atoms with E-state index in [0.29, 0.717) is 57.1 Å². The van der Waals surface area contributed by atoms with Crippen LogP contribution >= 0.6 is 0 Å². The van der Waals surface area contributed by atoms with E-state index in [1.54, 1.807) is 18.3 Å². The minimum atomic E-state index is -0.613. The first-order valence-electron chi connectivity index (χ1n) is 14.7. The molecule has 0 bridgehead atoms. The SMILES string of the molecule is CN(C)CCNc1cc(F)cc(-c2nccc3[nH]c(-c4n[nH]c5cnc(-c6cncc(NC(=O)C7CCC7)c6)c(F)c45)nc23)c1. The number of pyridine rings is 3. The Bertz CT molecular complexity index is 2050. The number of H-pyrrole nitrogens is 2. The molecule has 13 heteroatoms. The molecule has 1 aromatic carbocycles. The van der Waals surface area contributed by atoms with Crippen molar-refractivity contribution in [3.05, 3.63) is 66.8 Å². The van der Waals surface area contributed by atoms with Crippen molar-refractivity contribution in [1.82, 2.24) is 40.0 Å². The largest absolute Gasteiger partial charge is 0.384 e. The van der Waals surface area contributed by atoms with Gasteiger partial charge in [0.05, 0.1) is 40.2 Å². The van der Waals surface area contributed by atoms with Crippen molar-refractivity contribution in [2.75, 3.05) is 37.8 Å². The standard InChI is InChI=1S/C32H30F2N10O/c1-44(2)9-8-36-21-11-18(10-20(33)13-21)28-29-23(6-7-37-28)40-31(41-29)30-25-24(42-43-30)16-38-27(26(25)34)19-12-22(15-35-14-19)39-32(45)17-4-3-5-17/h6-7,10-17,36H,3-5,8-9H2,1-2H3,(H,39,45)(H,40,41)(H,42,43). The fraction of sp³-hybridized carbons (Fsp3) is 0.250. The molecule has 0 aliphatic heterocycles. The zero-order valence-electron chi connectivity index (χ0n) is 24.7. The zero-order chi connectivity index (χ0) is 31.1. The molecule has 0 radical (unpaired) electrons. The number of fused-ring (bicyclic) bond motifs is 2. The number of aromatic nitrogens is 7. The predicted molar refractivity (Wildman–Crippen MR) is 168 cm³/mol. The van der Waals surface area contributed by atoms with Crippen molar-refractivity contribution >= 4 is 39.2 Å². The molecule has 0 saturated heterocycles. The Balaban J connectivity index is 1.24. The van der Waals surface area contributed by atoms with E-state index in [1.807, 2.05) is 25.1 Å². The van der Waals surface area contributed by atoms with Gasteiger partial charge in [0.15, 0.2) is 11.6 Å². The number of rotatable bonds is 9. The average Bonchev–Trinajstić information content (AvgIpc) is 3.61. The highest BCUT2D eigenvalue weighted by Gasteiger charge is 2.26. The van der Waals surface area contributed by atoms with Crippen LogP contribution in [0.3, 0.4) is 0 Å². The van der Waals surface area contributed by atoms with Gasteiger partial charge in [-0.05, 0) is 57.3 Å². The van der Waals surface area contributed by atoms with Gasteiger partial charge >= 0.3 is 0 Å². The van der Waals surface area contributed by atoms with Crippen LogP contribution in [-0.2, 0) is 4.79 Å². The maximum Gasteiger partial charge on any atom is 0.227 e. The van der Waals surface area contributed by atoms with Crippen LogP contribution < -0.4 is 10.6 Å². The van der Waals surface area contributed by atoms with E-state index in [2.05, 4.69) is 40.8 Å². The van der Waals surface area contributed by atoms with Crippen molar-refractivity contribution < 1.29 is 13.6 Å². The van der Waals surface area contributed by atoms with E-state index >= 15 is 4.39 Å². The van der Waals surface area contributed by atoms with E-state index in [-0.39, 0.29) is 28.6 Å². The molecular formula is C32H30F2N10O. The number of imidazole rings is 1. The van der Waals surface area contributed by atoms with E-state index in [9.17, 15) is 9.18 Å². The molecule has 5 heterocycles. The molecule has 45 heavy (non-hydrogen) atoms. The minimum Gasteiger partial charge on any atom is -0.384 e. The lowest BCUT2D eigenvalue weighted by atomic mass is 9.85. The molecule has 11 nitrogen and oxygen atoms in total. The lowest BCUT2D eigenvalue weighted by Gasteiger charge is -2.24. The summed E-state index contributed by atoms with van der Waals surface area (Å²) in [5, 5.41) is 13.5. The van der Waals surface area contributed by atoms with Gasteiger partial charge in [0.1, 0.15) is 22.7 Å². The Morgan fingerprint density at radius 1 is 0.978 bits per heavy atom. The van der Waals surface area contributed by atoms with Crippen molar-refractivity contribution in [1.29, 1.82) is 0 Å². The Morgan fingerprint density at radius 2 is 1.82 bits per heavy atom. The molecule has 1 fully saturated rings. The van der Waals surface area contributed by atoms with Gasteiger partial charge in [0.2, 0.25) is 5.91 Å². The van der Waals surface area contributed by atoms with Gasteiger partial charge in [-0.2, -0.15) is 5.10 Å². The normalized spacial score (nSPS) is 13.4. The summed E-state index contributed by atoms with van der Waals surface area (Å²) in [4.78, 5) is 35.5. The minimum absolute atomic E-state index is 0.000552. The lowest BCUT2D eigenvalue weighted by molar-refractivity contribution is -0.122. The summed E-state index contributed by atoms with van der Waals surface area (Å²) in [5.41, 5.74) is 4.34. The van der Waals surface area contributed by atoms with E-state index in [1.165, 1.54) is 30.7 Å². The number of hydrogen-bond donors (Lipinski definition) is 4. The van der Waals surface area contributed by atoms with Crippen LogP contribution in [0.4, 0.5) is 20.2 Å². The number of benzene rings is 1. The fourth-order valence-electron chi connectivity index (χ4n) is 5.41. The number of halogens is 2. The number of carbonyl (C=O) groups excluding carboxylic acids is 1. The number of anilines is 2. The zero-order valence-corrected chi connectivity index (χ0v) is 24.7. The summed E-state index contributed by atoms with van der Waals surface area (Å²) >= 11 is 0. The number of nitrogens with zero attached hydrogens (tertiary/aromatic N) is 6. The average molecular weight is 609 g/mol. The van der Waals surface area contributed by atoms with Crippen molar-refractivity contribution in [3.8, 4) is 34.0 Å². The van der Waals surface area contributed by atoms with Crippen LogP contribution in [0, 0.1) is 17.6 Å². The Kier molecular flexibility index (Phi) is 7.37. The topological polar surface area (TPSA) is 140 Å². The van der Waals surface area contributed by atoms with Crippen molar-refractivity contribution in [3.63, 3.8) is 0 Å². The fourth-order valence-corrected chi connectivity index (χ4v) is 5.41. The quantitative estimate of drug-likeness (QED) is 0.166. The maximum absolute atomic E-state index is 16.2. The first-order chi connectivity index (χ1) is 21.8. The second-order valence-corrected chi connectivity index (χ2v) is 11.5. The van der Waals surface area contributed by atoms with Gasteiger partial charge in [-0.3, -0.25) is 24.8 Å². The summed E-state index contributed by atoms with van der Waals surface area (Å²) in [6, 6.07) is 8.08. The van der Waals surface area contributed by atoms with Gasteiger partial charge in [-0.15, -0.1) is 0 Å². The van der Waals surface area contributed by atoms with Crippen LogP contribution in [0.2, 0.25) is 0 Å². The van der Waals surface area contributed by atoms with Gasteiger partial charge in [-0.25, -0.2) is 13.8 Å². The van der Waals surface area contributed by atoms with E-state index in [4.69, 9.17) is 4.98 Å². The molecule has 0 unspecified atom stereocenters. The Hall–Kier alpha value is -5.30. The van der Waals surface area contributed by atoms with Gasteiger partial charge < -0.3 is 20.5 Å². The van der Waals surface area contributed by atoms with Crippen LogP contribution in [0.1, 0.15) is 19.3 Å². The van der Waals surface area contributed by atoms with Crippen molar-refractivity contribution in [2.45, 2.75) is 19.3 Å². The third-order valence-electron chi connectivity index (χ3n) is 7.98. The highest BCUT2D eigenvalue weighted by atomic mass is 19.1. The number of hydrogen-bond acceptors (Lipinski definition) is 8. The van der Waals surface area contributed by atoms with Gasteiger partial charge in [-0.1, -0.05) is 6.42 Å². The van der Waals surface area contributed by atoms with E-state index < -0.39 is 11.6 Å². The highest BCUT2D eigenvalue weighted by molar-refractivity contribution is 5.98. The molecule has 228 valence electrons. The van der Waals surface area contributed by atoms with Gasteiger partial charge in [0, 0.05) is 48.2 Å².